The number of aromatic nitrogens is 1. The van der Waals surface area contributed by atoms with Gasteiger partial charge in [-0.1, -0.05) is 29.3 Å². The molecule has 0 saturated heterocycles. The van der Waals surface area contributed by atoms with Crippen molar-refractivity contribution in [1.29, 1.82) is 0 Å². The maximum Gasteiger partial charge on any atom is 0.0900 e. The number of nitrogens with two attached hydrogens (primary N) is 1. The van der Waals surface area contributed by atoms with Crippen LogP contribution in [0, 0.1) is 27.7 Å². The average molecular weight is 260 g/mol. The fourth-order valence-electron chi connectivity index (χ4n) is 2.42. The van der Waals surface area contributed by atoms with Crippen molar-refractivity contribution in [2.45, 2.75) is 40.2 Å². The van der Waals surface area contributed by atoms with E-state index >= 15 is 0 Å². The molecule has 1 unspecified atom stereocenters. The van der Waals surface area contributed by atoms with E-state index in [1.165, 1.54) is 21.6 Å². The third-order valence-corrected chi connectivity index (χ3v) is 4.22. The van der Waals surface area contributed by atoms with Crippen molar-refractivity contribution >= 4 is 11.3 Å². The molecule has 0 radical (unpaired) electrons. The molecule has 18 heavy (non-hydrogen) atoms. The van der Waals surface area contributed by atoms with Gasteiger partial charge in [-0.25, -0.2) is 4.98 Å². The Morgan fingerprint density at radius 3 is 2.22 bits per heavy atom. The Hall–Kier alpha value is -1.19. The predicted octanol–water partition coefficient (Wildman–Crippen LogP) is 3.62. The van der Waals surface area contributed by atoms with Crippen LogP contribution >= 0.6 is 11.3 Å². The molecule has 2 nitrogen and oxygen atoms in total. The lowest BCUT2D eigenvalue weighted by Gasteiger charge is -2.12. The Bertz CT molecular complexity index is 537. The smallest absolute Gasteiger partial charge is 0.0900 e. The third-order valence-electron chi connectivity index (χ3n) is 3.01. The van der Waals surface area contributed by atoms with Gasteiger partial charge in [-0.3, -0.25) is 0 Å². The maximum atomic E-state index is 6.31. The van der Waals surface area contributed by atoms with Crippen molar-refractivity contribution in [3.63, 3.8) is 0 Å². The highest BCUT2D eigenvalue weighted by atomic mass is 32.1. The number of hydrogen-bond acceptors (Lipinski definition) is 3. The molecule has 96 valence electrons. The van der Waals surface area contributed by atoms with Crippen LogP contribution in [0.25, 0.3) is 0 Å². The second-order valence-electron chi connectivity index (χ2n) is 4.99. The quantitative estimate of drug-likeness (QED) is 0.915. The van der Waals surface area contributed by atoms with Crippen LogP contribution in [0.4, 0.5) is 0 Å². The van der Waals surface area contributed by atoms with Crippen LogP contribution in [0.5, 0.6) is 0 Å². The number of thiazole rings is 1. The zero-order valence-corrected chi connectivity index (χ0v) is 12.3. The van der Waals surface area contributed by atoms with Gasteiger partial charge in [0.05, 0.1) is 10.7 Å². The van der Waals surface area contributed by atoms with Gasteiger partial charge in [-0.05, 0) is 39.7 Å². The first-order valence-corrected chi connectivity index (χ1v) is 7.04. The maximum absolute atomic E-state index is 6.31. The first kappa shape index (κ1) is 13.2. The van der Waals surface area contributed by atoms with Crippen molar-refractivity contribution in [3.8, 4) is 0 Å². The van der Waals surface area contributed by atoms with Crippen LogP contribution in [0.3, 0.4) is 0 Å². The van der Waals surface area contributed by atoms with Gasteiger partial charge in [-0.2, -0.15) is 0 Å². The normalized spacial score (nSPS) is 12.7. The van der Waals surface area contributed by atoms with E-state index in [9.17, 15) is 0 Å². The second kappa shape index (κ2) is 5.21. The number of nitrogens with zero attached hydrogens (tertiary/aromatic N) is 1. The lowest BCUT2D eigenvalue weighted by molar-refractivity contribution is 0.727. The predicted molar refractivity (Wildman–Crippen MR) is 78.1 cm³/mol. The molecule has 1 heterocycles. The van der Waals surface area contributed by atoms with Crippen molar-refractivity contribution < 1.29 is 0 Å². The number of rotatable bonds is 3. The fraction of sp³-hybridized carbons (Fsp3) is 0.400. The lowest BCUT2D eigenvalue weighted by atomic mass is 10.0. The van der Waals surface area contributed by atoms with Crippen LogP contribution in [-0.4, -0.2) is 4.98 Å². The Kier molecular flexibility index (Phi) is 3.83. The summed E-state index contributed by atoms with van der Waals surface area (Å²) in [4.78, 5) is 5.66. The first-order chi connectivity index (χ1) is 8.45. The standard InChI is InChI=1S/C15H20N2S/c1-9-5-10(2)7-13(6-9)8-14(16)15-11(3)17-12(4)18-15/h5-7,14H,8,16H2,1-4H3. The highest BCUT2D eigenvalue weighted by Crippen LogP contribution is 2.26. The summed E-state index contributed by atoms with van der Waals surface area (Å²) in [5.41, 5.74) is 11.3. The Balaban J connectivity index is 2.20. The number of hydrogen-bond donors (Lipinski definition) is 1. The molecule has 1 atom stereocenters. The molecule has 0 spiro atoms. The van der Waals surface area contributed by atoms with Gasteiger partial charge in [-0.15, -0.1) is 11.3 Å². The second-order valence-corrected chi connectivity index (χ2v) is 6.22. The molecule has 0 amide bonds. The molecular weight excluding hydrogens is 240 g/mol. The topological polar surface area (TPSA) is 38.9 Å². The molecule has 0 aliphatic rings. The van der Waals surface area contributed by atoms with E-state index in [0.717, 1.165) is 17.1 Å². The Labute approximate surface area is 113 Å². The van der Waals surface area contributed by atoms with Crippen LogP contribution in [0.2, 0.25) is 0 Å². The van der Waals surface area contributed by atoms with Crippen LogP contribution in [0.15, 0.2) is 18.2 Å². The molecule has 1 aromatic carbocycles. The molecule has 0 aliphatic carbocycles. The molecule has 0 bridgehead atoms. The summed E-state index contributed by atoms with van der Waals surface area (Å²) in [6.45, 7) is 8.33. The lowest BCUT2D eigenvalue weighted by Crippen LogP contribution is -2.13. The van der Waals surface area contributed by atoms with Gasteiger partial charge in [0, 0.05) is 10.9 Å². The monoisotopic (exact) mass is 260 g/mol. The number of benzene rings is 1. The summed E-state index contributed by atoms with van der Waals surface area (Å²) in [7, 11) is 0. The minimum atomic E-state index is 0.0531. The SMILES string of the molecule is Cc1cc(C)cc(CC(N)c2sc(C)nc2C)c1. The molecule has 2 aromatic rings. The summed E-state index contributed by atoms with van der Waals surface area (Å²) >= 11 is 1.71. The van der Waals surface area contributed by atoms with Crippen molar-refractivity contribution in [3.05, 3.63) is 50.5 Å². The minimum absolute atomic E-state index is 0.0531. The summed E-state index contributed by atoms with van der Waals surface area (Å²) in [5.74, 6) is 0. The summed E-state index contributed by atoms with van der Waals surface area (Å²) < 4.78 is 0. The van der Waals surface area contributed by atoms with Crippen LogP contribution in [-0.2, 0) is 6.42 Å². The Morgan fingerprint density at radius 2 is 1.72 bits per heavy atom. The number of aryl methyl sites for hydroxylation is 4. The molecular formula is C15H20N2S. The zero-order valence-electron chi connectivity index (χ0n) is 11.4. The molecule has 2 rings (SSSR count). The van der Waals surface area contributed by atoms with Gasteiger partial charge >= 0.3 is 0 Å². The highest BCUT2D eigenvalue weighted by molar-refractivity contribution is 7.11. The van der Waals surface area contributed by atoms with Gasteiger partial charge < -0.3 is 5.73 Å². The largest absolute Gasteiger partial charge is 0.323 e. The van der Waals surface area contributed by atoms with Gasteiger partial charge in [0.15, 0.2) is 0 Å². The van der Waals surface area contributed by atoms with Crippen molar-refractivity contribution in [1.82, 2.24) is 4.98 Å². The Morgan fingerprint density at radius 1 is 1.11 bits per heavy atom. The third kappa shape index (κ3) is 2.98. The van der Waals surface area contributed by atoms with E-state index in [1.54, 1.807) is 11.3 Å². The van der Waals surface area contributed by atoms with E-state index in [4.69, 9.17) is 5.73 Å². The minimum Gasteiger partial charge on any atom is -0.323 e. The molecule has 0 saturated carbocycles. The molecule has 0 fully saturated rings. The van der Waals surface area contributed by atoms with Crippen LogP contribution < -0.4 is 5.73 Å². The van der Waals surface area contributed by atoms with E-state index in [2.05, 4.69) is 37.0 Å². The van der Waals surface area contributed by atoms with E-state index < -0.39 is 0 Å². The zero-order chi connectivity index (χ0) is 13.3. The molecule has 0 aliphatic heterocycles. The summed E-state index contributed by atoms with van der Waals surface area (Å²) in [6.07, 6.45) is 0.880. The van der Waals surface area contributed by atoms with Gasteiger partial charge in [0.2, 0.25) is 0 Å². The van der Waals surface area contributed by atoms with Gasteiger partial charge in [0.25, 0.3) is 0 Å². The molecule has 2 N–H and O–H groups in total. The van der Waals surface area contributed by atoms with E-state index in [-0.39, 0.29) is 6.04 Å². The highest BCUT2D eigenvalue weighted by Gasteiger charge is 2.14. The summed E-state index contributed by atoms with van der Waals surface area (Å²) in [6, 6.07) is 6.68. The average Bonchev–Trinajstić information content (AvgIpc) is 2.56. The van der Waals surface area contributed by atoms with Crippen molar-refractivity contribution in [2.75, 3.05) is 0 Å². The molecule has 3 heteroatoms. The first-order valence-electron chi connectivity index (χ1n) is 6.22. The van der Waals surface area contributed by atoms with E-state index in [0.29, 0.717) is 0 Å². The summed E-state index contributed by atoms with van der Waals surface area (Å²) in [5, 5.41) is 1.10. The van der Waals surface area contributed by atoms with Gasteiger partial charge in [0.1, 0.15) is 0 Å². The fourth-order valence-corrected chi connectivity index (χ4v) is 3.35. The molecule has 1 aromatic heterocycles. The van der Waals surface area contributed by atoms with Crippen molar-refractivity contribution in [2.24, 2.45) is 5.73 Å². The van der Waals surface area contributed by atoms with E-state index in [1.807, 2.05) is 13.8 Å². The van der Waals surface area contributed by atoms with Crippen LogP contribution in [0.1, 0.15) is 38.3 Å².